The van der Waals surface area contributed by atoms with Crippen molar-refractivity contribution in [2.24, 2.45) is 4.40 Å². The van der Waals surface area contributed by atoms with E-state index in [0.29, 0.717) is 10.6 Å². The van der Waals surface area contributed by atoms with Crippen molar-refractivity contribution in [3.63, 3.8) is 0 Å². The molecule has 0 bridgehead atoms. The number of nitrogens with zero attached hydrogens (tertiary/aromatic N) is 2. The number of sulfonamides is 1. The quantitative estimate of drug-likeness (QED) is 0.795. The lowest BCUT2D eigenvalue weighted by Gasteiger charge is -2.26. The Morgan fingerprint density at radius 2 is 1.88 bits per heavy atom. The van der Waals surface area contributed by atoms with Crippen LogP contribution in [0.15, 0.2) is 51.8 Å². The van der Waals surface area contributed by atoms with Crippen molar-refractivity contribution in [1.29, 1.82) is 0 Å². The molecule has 1 aliphatic heterocycles. The monoisotopic (exact) mass is 374 g/mol. The predicted molar refractivity (Wildman–Crippen MR) is 84.8 cm³/mol. The molecule has 0 unspecified atom stereocenters. The lowest BCUT2D eigenvalue weighted by atomic mass is 10.1. The smallest absolute Gasteiger partial charge is 0.326 e. The third-order valence-electron chi connectivity index (χ3n) is 3.44. The van der Waals surface area contributed by atoms with Crippen LogP contribution in [0.3, 0.4) is 0 Å². The van der Waals surface area contributed by atoms with E-state index < -0.39 is 21.8 Å². The van der Waals surface area contributed by atoms with Gasteiger partial charge in [0.15, 0.2) is 0 Å². The van der Waals surface area contributed by atoms with E-state index in [-0.39, 0.29) is 17.1 Å². The molecule has 9 heteroatoms. The third kappa shape index (κ3) is 3.25. The largest absolute Gasteiger partial charge is 0.416 e. The third-order valence-corrected chi connectivity index (χ3v) is 4.95. The van der Waals surface area contributed by atoms with Crippen LogP contribution >= 0.6 is 11.6 Å². The summed E-state index contributed by atoms with van der Waals surface area (Å²) in [6, 6.07) is 9.20. The first-order chi connectivity index (χ1) is 11.2. The molecule has 3 rings (SSSR count). The van der Waals surface area contributed by atoms with Gasteiger partial charge in [0.05, 0.1) is 11.3 Å². The van der Waals surface area contributed by atoms with E-state index in [1.165, 1.54) is 4.90 Å². The molecule has 24 heavy (non-hydrogen) atoms. The van der Waals surface area contributed by atoms with Crippen molar-refractivity contribution in [3.8, 4) is 0 Å². The lowest BCUT2D eigenvalue weighted by Crippen LogP contribution is -2.27. The fraction of sp³-hybridized carbons (Fsp3) is 0.133. The fourth-order valence-corrected chi connectivity index (χ4v) is 3.58. The van der Waals surface area contributed by atoms with Gasteiger partial charge in [-0.2, -0.15) is 21.6 Å². The number of alkyl halides is 3. The van der Waals surface area contributed by atoms with E-state index in [1.807, 2.05) is 0 Å². The molecule has 0 fully saturated rings. The standard InChI is InChI=1S/C15H10ClF3N2O2S/c16-12-3-1-2-10(6-12)8-21-9-20-24(22,23)14-5-4-11(7-13(14)21)15(17,18)19/h1-7,9H,8H2. The van der Waals surface area contributed by atoms with Crippen LogP contribution in [0.2, 0.25) is 5.02 Å². The highest BCUT2D eigenvalue weighted by molar-refractivity contribution is 7.90. The van der Waals surface area contributed by atoms with Gasteiger partial charge in [-0.1, -0.05) is 23.7 Å². The zero-order valence-electron chi connectivity index (χ0n) is 12.0. The number of hydrogen-bond acceptors (Lipinski definition) is 3. The summed E-state index contributed by atoms with van der Waals surface area (Å²) in [4.78, 5) is 1.08. The van der Waals surface area contributed by atoms with Crippen molar-refractivity contribution < 1.29 is 21.6 Å². The summed E-state index contributed by atoms with van der Waals surface area (Å²) >= 11 is 5.90. The van der Waals surface area contributed by atoms with Crippen LogP contribution in [0.4, 0.5) is 18.9 Å². The summed E-state index contributed by atoms with van der Waals surface area (Å²) in [5, 5.41) is 0.471. The molecule has 0 atom stereocenters. The van der Waals surface area contributed by atoms with E-state index in [4.69, 9.17) is 11.6 Å². The summed E-state index contributed by atoms with van der Waals surface area (Å²) in [5.41, 5.74) is -0.292. The van der Waals surface area contributed by atoms with Gasteiger partial charge in [0.2, 0.25) is 0 Å². The van der Waals surface area contributed by atoms with Crippen molar-refractivity contribution in [2.75, 3.05) is 4.90 Å². The van der Waals surface area contributed by atoms with E-state index in [2.05, 4.69) is 4.40 Å². The minimum absolute atomic E-state index is 0.0696. The molecular weight excluding hydrogens is 365 g/mol. The summed E-state index contributed by atoms with van der Waals surface area (Å²) in [5.74, 6) is 0. The molecule has 1 heterocycles. The van der Waals surface area contributed by atoms with E-state index in [9.17, 15) is 21.6 Å². The molecule has 0 saturated carbocycles. The molecule has 2 aromatic carbocycles. The van der Waals surface area contributed by atoms with Crippen LogP contribution in [-0.4, -0.2) is 14.8 Å². The Bertz CT molecular complexity index is 927. The van der Waals surface area contributed by atoms with Gasteiger partial charge in [0, 0.05) is 11.6 Å². The Kier molecular flexibility index (Phi) is 4.05. The van der Waals surface area contributed by atoms with Crippen molar-refractivity contribution in [1.82, 2.24) is 0 Å². The molecule has 0 radical (unpaired) electrons. The highest BCUT2D eigenvalue weighted by Crippen LogP contribution is 2.37. The van der Waals surface area contributed by atoms with E-state index >= 15 is 0 Å². The average molecular weight is 375 g/mol. The zero-order chi connectivity index (χ0) is 17.5. The topological polar surface area (TPSA) is 49.7 Å². The summed E-state index contributed by atoms with van der Waals surface area (Å²) in [6.45, 7) is 0.133. The van der Waals surface area contributed by atoms with E-state index in [1.54, 1.807) is 24.3 Å². The SMILES string of the molecule is O=S1(=O)N=CN(Cc2cccc(Cl)c2)c2cc(C(F)(F)F)ccc21. The first kappa shape index (κ1) is 16.8. The summed E-state index contributed by atoms with van der Waals surface area (Å²) < 4.78 is 66.2. The maximum atomic E-state index is 12.9. The molecular formula is C15H10ClF3N2O2S. The molecule has 0 aliphatic carbocycles. The van der Waals surface area contributed by atoms with Crippen molar-refractivity contribution in [2.45, 2.75) is 17.6 Å². The number of rotatable bonds is 2. The van der Waals surface area contributed by atoms with Crippen LogP contribution in [0, 0.1) is 0 Å². The Labute approximate surface area is 141 Å². The van der Waals surface area contributed by atoms with Gasteiger partial charge < -0.3 is 4.90 Å². The number of hydrogen-bond donors (Lipinski definition) is 0. The van der Waals surface area contributed by atoms with Crippen LogP contribution in [0.25, 0.3) is 0 Å². The second-order valence-corrected chi connectivity index (χ2v) is 7.17. The summed E-state index contributed by atoms with van der Waals surface area (Å²) in [6.07, 6.45) is -3.56. The van der Waals surface area contributed by atoms with Gasteiger partial charge in [-0.25, -0.2) is 0 Å². The predicted octanol–water partition coefficient (Wildman–Crippen LogP) is 4.10. The summed E-state index contributed by atoms with van der Waals surface area (Å²) in [7, 11) is -4.00. The number of anilines is 1. The first-order valence-electron chi connectivity index (χ1n) is 6.70. The van der Waals surface area contributed by atoms with Crippen molar-refractivity contribution in [3.05, 3.63) is 58.6 Å². The first-order valence-corrected chi connectivity index (χ1v) is 8.51. The van der Waals surface area contributed by atoms with Crippen LogP contribution < -0.4 is 4.90 Å². The minimum atomic E-state index is -4.57. The van der Waals surface area contributed by atoms with Crippen LogP contribution in [0.5, 0.6) is 0 Å². The molecule has 0 spiro atoms. The molecule has 1 aliphatic rings. The minimum Gasteiger partial charge on any atom is -0.326 e. The molecule has 126 valence electrons. The maximum absolute atomic E-state index is 12.9. The van der Waals surface area contributed by atoms with E-state index in [0.717, 1.165) is 24.5 Å². The Morgan fingerprint density at radius 3 is 2.54 bits per heavy atom. The van der Waals surface area contributed by atoms with Crippen LogP contribution in [0.1, 0.15) is 11.1 Å². The fourth-order valence-electron chi connectivity index (χ4n) is 2.33. The second kappa shape index (κ2) is 5.78. The van der Waals surface area contributed by atoms with Crippen molar-refractivity contribution >= 4 is 33.7 Å². The van der Waals surface area contributed by atoms with Gasteiger partial charge in [-0.05, 0) is 35.9 Å². The second-order valence-electron chi connectivity index (χ2n) is 5.13. The Balaban J connectivity index is 2.07. The molecule has 2 aromatic rings. The van der Waals surface area contributed by atoms with Gasteiger partial charge in [-0.15, -0.1) is 4.40 Å². The normalized spacial score (nSPS) is 16.1. The van der Waals surface area contributed by atoms with Gasteiger partial charge in [0.25, 0.3) is 10.0 Å². The molecule has 0 N–H and O–H groups in total. The van der Waals surface area contributed by atoms with Gasteiger partial charge in [-0.3, -0.25) is 0 Å². The average Bonchev–Trinajstić information content (AvgIpc) is 2.49. The highest BCUT2D eigenvalue weighted by atomic mass is 35.5. The zero-order valence-corrected chi connectivity index (χ0v) is 13.5. The number of halogens is 4. The molecule has 0 aromatic heterocycles. The molecule has 4 nitrogen and oxygen atoms in total. The molecule has 0 saturated heterocycles. The number of benzene rings is 2. The maximum Gasteiger partial charge on any atom is 0.416 e. The Hall–Kier alpha value is -2.06. The Morgan fingerprint density at radius 1 is 1.12 bits per heavy atom. The van der Waals surface area contributed by atoms with Crippen LogP contribution in [-0.2, 0) is 22.7 Å². The number of fused-ring (bicyclic) bond motifs is 1. The van der Waals surface area contributed by atoms with Gasteiger partial charge in [0.1, 0.15) is 11.2 Å². The molecule has 0 amide bonds. The highest BCUT2D eigenvalue weighted by Gasteiger charge is 2.34. The lowest BCUT2D eigenvalue weighted by molar-refractivity contribution is -0.137. The van der Waals surface area contributed by atoms with Gasteiger partial charge >= 0.3 is 6.18 Å².